The molecule has 0 saturated heterocycles. The molecule has 7 aromatic rings. The highest BCUT2D eigenvalue weighted by Crippen LogP contribution is 2.65. The van der Waals surface area contributed by atoms with Crippen molar-refractivity contribution < 1.29 is 0 Å². The molecule has 4 aliphatic heterocycles. The molecular weight excluding hydrogens is 878 g/mol. The van der Waals surface area contributed by atoms with Crippen LogP contribution in [0.3, 0.4) is 0 Å². The molecule has 4 atom stereocenters. The number of anilines is 7. The highest BCUT2D eigenvalue weighted by molar-refractivity contribution is 7.26. The number of hydrogen-bond acceptors (Lipinski definition) is 4. The Balaban J connectivity index is 1.20. The number of nitrogens with zero attached hydrogens (tertiary/aromatic N) is 3. The van der Waals surface area contributed by atoms with Crippen LogP contribution in [0.4, 0.5) is 39.8 Å². The van der Waals surface area contributed by atoms with Gasteiger partial charge in [0, 0.05) is 65.1 Å². The monoisotopic (exact) mass is 954 g/mol. The van der Waals surface area contributed by atoms with Crippen molar-refractivity contribution in [3.05, 3.63) is 130 Å². The van der Waals surface area contributed by atoms with E-state index in [2.05, 4.69) is 210 Å². The van der Waals surface area contributed by atoms with Gasteiger partial charge in [-0.25, -0.2) is 0 Å². The maximum absolute atomic E-state index is 2.98. The Morgan fingerprint density at radius 1 is 0.479 bits per heavy atom. The normalized spacial score (nSPS) is 25.3. The first-order chi connectivity index (χ1) is 33.4. The van der Waals surface area contributed by atoms with Gasteiger partial charge in [-0.15, -0.1) is 11.3 Å². The molecule has 2 aliphatic carbocycles. The molecule has 5 heterocycles. The molecule has 0 radical (unpaired) electrons. The van der Waals surface area contributed by atoms with E-state index in [0.29, 0.717) is 0 Å². The minimum atomic E-state index is -0.0998. The molecular formula is C66H76BN3S. The summed E-state index contributed by atoms with van der Waals surface area (Å²) < 4.78 is 2.75. The second-order valence-corrected chi connectivity index (χ2v) is 28.5. The molecule has 0 amide bonds. The molecule has 364 valence electrons. The van der Waals surface area contributed by atoms with Crippen LogP contribution in [0.15, 0.2) is 91.0 Å². The lowest BCUT2D eigenvalue weighted by molar-refractivity contribution is 0.194. The third kappa shape index (κ3) is 5.91. The zero-order chi connectivity index (χ0) is 49.9. The van der Waals surface area contributed by atoms with Crippen LogP contribution < -0.4 is 31.1 Å². The molecule has 71 heavy (non-hydrogen) atoms. The summed E-state index contributed by atoms with van der Waals surface area (Å²) in [6, 6.07) is 37.8. The number of fused-ring (bicyclic) bond motifs is 13. The first kappa shape index (κ1) is 45.8. The van der Waals surface area contributed by atoms with Crippen LogP contribution in [-0.4, -0.2) is 17.8 Å². The third-order valence-electron chi connectivity index (χ3n) is 20.2. The fourth-order valence-corrected chi connectivity index (χ4v) is 16.8. The minimum Gasteiger partial charge on any atom is -0.335 e. The Labute approximate surface area is 430 Å². The van der Waals surface area contributed by atoms with Crippen LogP contribution in [0, 0.1) is 13.8 Å². The Bertz CT molecular complexity index is 3440. The number of hydrogen-bond donors (Lipinski definition) is 0. The molecule has 0 bridgehead atoms. The number of aryl methyl sites for hydroxylation is 2. The summed E-state index contributed by atoms with van der Waals surface area (Å²) in [6.45, 7) is 37.0. The first-order valence-electron chi connectivity index (χ1n) is 27.4. The van der Waals surface area contributed by atoms with E-state index in [9.17, 15) is 0 Å². The van der Waals surface area contributed by atoms with Crippen LogP contribution >= 0.6 is 11.3 Å². The zero-order valence-electron chi connectivity index (χ0n) is 45.6. The van der Waals surface area contributed by atoms with Gasteiger partial charge >= 0.3 is 0 Å². The van der Waals surface area contributed by atoms with Gasteiger partial charge in [-0.05, 0) is 161 Å². The van der Waals surface area contributed by atoms with Crippen LogP contribution in [-0.2, 0) is 27.1 Å². The summed E-state index contributed by atoms with van der Waals surface area (Å²) in [7, 11) is 0. The van der Waals surface area contributed by atoms with Gasteiger partial charge < -0.3 is 14.7 Å². The Hall–Kier alpha value is -5.00. The standard InChI is InChI=1S/C66H76BN3S/c1-39-30-42(61(6,7)8)31-40(2)58(39)68-52-37-46-45-22-16-17-23-55(45)71-56(46)38-49(52)67-50-34-43(62(9,10)11)33-48-59(50)70(66(15)29-21-19-27-64(48,66)13)54-36-44(35-53(68)57(54)67)69-51-25-24-41(60(3,4)5)32-47(51)63(12)26-18-20-28-65(63,69)14/h16-17,22-25,30-38H,18-21,26-29H2,1-15H3. The van der Waals surface area contributed by atoms with Crippen molar-refractivity contribution in [1.82, 2.24) is 0 Å². The fourth-order valence-electron chi connectivity index (χ4n) is 15.7. The highest BCUT2D eigenvalue weighted by atomic mass is 32.1. The topological polar surface area (TPSA) is 9.72 Å². The molecule has 1 aromatic heterocycles. The lowest BCUT2D eigenvalue weighted by Crippen LogP contribution is -2.64. The lowest BCUT2D eigenvalue weighted by Gasteiger charge is -2.54. The molecule has 3 nitrogen and oxygen atoms in total. The van der Waals surface area contributed by atoms with Gasteiger partial charge in [-0.3, -0.25) is 0 Å². The summed E-state index contributed by atoms with van der Waals surface area (Å²) in [5, 5.41) is 2.72. The second-order valence-electron chi connectivity index (χ2n) is 27.4. The molecule has 6 aromatic carbocycles. The van der Waals surface area contributed by atoms with Crippen LogP contribution in [0.1, 0.15) is 180 Å². The Morgan fingerprint density at radius 2 is 1.06 bits per heavy atom. The molecule has 6 aliphatic rings. The molecule has 13 rings (SSSR count). The highest BCUT2D eigenvalue weighted by Gasteiger charge is 2.63. The van der Waals surface area contributed by atoms with Gasteiger partial charge in [0.05, 0.1) is 16.8 Å². The van der Waals surface area contributed by atoms with E-state index in [1.54, 1.807) is 11.1 Å². The molecule has 4 unspecified atom stereocenters. The molecule has 0 spiro atoms. The first-order valence-corrected chi connectivity index (χ1v) is 28.2. The van der Waals surface area contributed by atoms with Crippen molar-refractivity contribution in [3.8, 4) is 0 Å². The van der Waals surface area contributed by atoms with Crippen LogP contribution in [0.2, 0.25) is 0 Å². The van der Waals surface area contributed by atoms with E-state index in [4.69, 9.17) is 0 Å². The molecule has 2 saturated carbocycles. The van der Waals surface area contributed by atoms with E-state index < -0.39 is 0 Å². The van der Waals surface area contributed by atoms with Gasteiger partial charge in [-0.2, -0.15) is 0 Å². The second kappa shape index (κ2) is 14.4. The van der Waals surface area contributed by atoms with E-state index in [0.717, 1.165) is 0 Å². The van der Waals surface area contributed by atoms with Gasteiger partial charge in [0.1, 0.15) is 0 Å². The predicted molar refractivity (Wildman–Crippen MR) is 310 cm³/mol. The minimum absolute atomic E-state index is 0.00158. The Morgan fingerprint density at radius 3 is 1.72 bits per heavy atom. The zero-order valence-corrected chi connectivity index (χ0v) is 46.5. The van der Waals surface area contributed by atoms with Gasteiger partial charge in [0.15, 0.2) is 0 Å². The maximum Gasteiger partial charge on any atom is 0.252 e. The Kier molecular flexibility index (Phi) is 9.29. The van der Waals surface area contributed by atoms with Gasteiger partial charge in [0.2, 0.25) is 0 Å². The number of benzene rings is 6. The number of rotatable bonds is 2. The maximum atomic E-state index is 2.98. The molecule has 0 N–H and O–H groups in total. The van der Waals surface area contributed by atoms with E-state index in [1.165, 1.54) is 156 Å². The van der Waals surface area contributed by atoms with E-state index in [1.807, 2.05) is 11.3 Å². The van der Waals surface area contributed by atoms with Crippen molar-refractivity contribution in [3.63, 3.8) is 0 Å². The third-order valence-corrected chi connectivity index (χ3v) is 21.3. The van der Waals surface area contributed by atoms with Gasteiger partial charge in [0.25, 0.3) is 6.71 Å². The van der Waals surface area contributed by atoms with E-state index >= 15 is 0 Å². The van der Waals surface area contributed by atoms with Crippen LogP contribution in [0.25, 0.3) is 20.2 Å². The van der Waals surface area contributed by atoms with Crippen molar-refractivity contribution >= 4 is 94.4 Å². The van der Waals surface area contributed by atoms with Crippen molar-refractivity contribution in [2.24, 2.45) is 0 Å². The molecule has 5 heteroatoms. The van der Waals surface area contributed by atoms with E-state index in [-0.39, 0.29) is 44.9 Å². The lowest BCUT2D eigenvalue weighted by atomic mass is 9.33. The average Bonchev–Trinajstić information content (AvgIpc) is 3.84. The summed E-state index contributed by atoms with van der Waals surface area (Å²) in [6.07, 6.45) is 9.82. The number of thiophene rings is 1. The van der Waals surface area contributed by atoms with Crippen molar-refractivity contribution in [1.29, 1.82) is 0 Å². The smallest absolute Gasteiger partial charge is 0.252 e. The predicted octanol–water partition coefficient (Wildman–Crippen LogP) is 16.7. The SMILES string of the molecule is Cc1cc(C(C)(C)C)cc(C)c1N1c2cc3c(cc2B2c4cc(C(C)(C)C)cc5c4N(c4cc(N6c7ccc(C(C)(C)C)cc7C7(C)CCCCC67C)cc1c42)C1(C)CCCCC51C)sc1ccccc13. The summed E-state index contributed by atoms with van der Waals surface area (Å²) >= 11 is 1.97. The van der Waals surface area contributed by atoms with Crippen LogP contribution in [0.5, 0.6) is 0 Å². The summed E-state index contributed by atoms with van der Waals surface area (Å²) in [5.74, 6) is 0. The van der Waals surface area contributed by atoms with Crippen molar-refractivity contribution in [2.45, 2.75) is 193 Å². The summed E-state index contributed by atoms with van der Waals surface area (Å²) in [4.78, 5) is 8.66. The quantitative estimate of drug-likeness (QED) is 0.160. The molecule has 2 fully saturated rings. The fraction of sp³-hybridized carbons (Fsp3) is 0.455. The summed E-state index contributed by atoms with van der Waals surface area (Å²) in [5.41, 5.74) is 24.2. The van der Waals surface area contributed by atoms with Gasteiger partial charge in [-0.1, -0.05) is 156 Å². The van der Waals surface area contributed by atoms with Crippen molar-refractivity contribution in [2.75, 3.05) is 14.7 Å². The average molecular weight is 954 g/mol. The largest absolute Gasteiger partial charge is 0.335 e.